The Hall–Kier alpha value is -2.14. The number of para-hydroxylation sites is 1. The highest BCUT2D eigenvalue weighted by atomic mass is 16.1. The van der Waals surface area contributed by atoms with Crippen molar-refractivity contribution in [1.29, 1.82) is 0 Å². The maximum atomic E-state index is 11.0. The highest BCUT2D eigenvalue weighted by molar-refractivity contribution is 5.74. The molecular formula is C13H16N4O. The number of amides is 1. The van der Waals surface area contributed by atoms with Crippen LogP contribution in [0.25, 0.3) is 5.69 Å². The van der Waals surface area contributed by atoms with Gasteiger partial charge in [-0.3, -0.25) is 4.79 Å². The van der Waals surface area contributed by atoms with Crippen LogP contribution >= 0.6 is 0 Å². The molecule has 5 heteroatoms. The number of carbonyl (C=O) groups excluding carboxylic acids is 1. The summed E-state index contributed by atoms with van der Waals surface area (Å²) in [5, 5.41) is 7.35. The van der Waals surface area contributed by atoms with Crippen molar-refractivity contribution in [3.8, 4) is 5.69 Å². The van der Waals surface area contributed by atoms with Crippen molar-refractivity contribution in [3.63, 3.8) is 0 Å². The highest BCUT2D eigenvalue weighted by Crippen LogP contribution is 2.17. The number of nitrogens with two attached hydrogens (primary N) is 1. The van der Waals surface area contributed by atoms with Crippen LogP contribution in [0.4, 0.5) is 0 Å². The molecule has 2 aromatic rings. The summed E-state index contributed by atoms with van der Waals surface area (Å²) < 4.78 is 1.78. The second-order valence-electron chi connectivity index (χ2n) is 4.07. The molecule has 94 valence electrons. The zero-order chi connectivity index (χ0) is 13.0. The first kappa shape index (κ1) is 12.3. The standard InChI is InChI=1S/C13H16N4O/c1-15-12(7-13(14)18)10-8-16-17(9-10)11-5-3-2-4-6-11/h2-6,8-9,12,15H,7H2,1H3,(H2,14,18). The molecule has 0 saturated carbocycles. The summed E-state index contributed by atoms with van der Waals surface area (Å²) in [7, 11) is 1.80. The lowest BCUT2D eigenvalue weighted by atomic mass is 10.1. The third-order valence-electron chi connectivity index (χ3n) is 2.78. The van der Waals surface area contributed by atoms with Gasteiger partial charge < -0.3 is 11.1 Å². The van der Waals surface area contributed by atoms with Crippen LogP contribution in [0.5, 0.6) is 0 Å². The molecule has 0 aliphatic carbocycles. The second-order valence-corrected chi connectivity index (χ2v) is 4.07. The van der Waals surface area contributed by atoms with E-state index in [0.717, 1.165) is 11.3 Å². The van der Waals surface area contributed by atoms with Crippen LogP contribution in [0.15, 0.2) is 42.7 Å². The maximum absolute atomic E-state index is 11.0. The predicted molar refractivity (Wildman–Crippen MR) is 69.2 cm³/mol. The van der Waals surface area contributed by atoms with Crippen molar-refractivity contribution in [3.05, 3.63) is 48.3 Å². The SMILES string of the molecule is CNC(CC(N)=O)c1cnn(-c2ccccc2)c1. The third kappa shape index (κ3) is 2.75. The number of hydrogen-bond acceptors (Lipinski definition) is 3. The first-order valence-corrected chi connectivity index (χ1v) is 5.76. The normalized spacial score (nSPS) is 12.3. The molecule has 0 bridgehead atoms. The Morgan fingerprint density at radius 2 is 2.17 bits per heavy atom. The maximum Gasteiger partial charge on any atom is 0.219 e. The quantitative estimate of drug-likeness (QED) is 0.824. The Morgan fingerprint density at radius 3 is 2.78 bits per heavy atom. The van der Waals surface area contributed by atoms with Crippen LogP contribution in [0, 0.1) is 0 Å². The molecule has 5 nitrogen and oxygen atoms in total. The number of hydrogen-bond donors (Lipinski definition) is 2. The second kappa shape index (κ2) is 5.46. The van der Waals surface area contributed by atoms with E-state index in [2.05, 4.69) is 10.4 Å². The summed E-state index contributed by atoms with van der Waals surface area (Å²) in [5.74, 6) is -0.332. The molecule has 0 aliphatic heterocycles. The van der Waals surface area contributed by atoms with Crippen molar-refractivity contribution in [2.45, 2.75) is 12.5 Å². The fourth-order valence-corrected chi connectivity index (χ4v) is 1.83. The molecule has 0 aliphatic rings. The summed E-state index contributed by atoms with van der Waals surface area (Å²) in [6, 6.07) is 9.71. The molecule has 1 amide bonds. The number of nitrogens with zero attached hydrogens (tertiary/aromatic N) is 2. The summed E-state index contributed by atoms with van der Waals surface area (Å²) >= 11 is 0. The van der Waals surface area contributed by atoms with E-state index < -0.39 is 0 Å². The van der Waals surface area contributed by atoms with Crippen LogP contribution < -0.4 is 11.1 Å². The van der Waals surface area contributed by atoms with Crippen molar-refractivity contribution >= 4 is 5.91 Å². The molecule has 0 spiro atoms. The molecule has 18 heavy (non-hydrogen) atoms. The van der Waals surface area contributed by atoms with E-state index in [1.54, 1.807) is 17.9 Å². The summed E-state index contributed by atoms with van der Waals surface area (Å²) in [6.45, 7) is 0. The molecule has 0 fully saturated rings. The van der Waals surface area contributed by atoms with E-state index in [0.29, 0.717) is 0 Å². The molecular weight excluding hydrogens is 228 g/mol. The molecule has 0 radical (unpaired) electrons. The zero-order valence-electron chi connectivity index (χ0n) is 10.2. The van der Waals surface area contributed by atoms with Gasteiger partial charge in [0.15, 0.2) is 0 Å². The third-order valence-corrected chi connectivity index (χ3v) is 2.78. The summed E-state index contributed by atoms with van der Waals surface area (Å²) in [6.07, 6.45) is 3.91. The van der Waals surface area contributed by atoms with Crippen molar-refractivity contribution in [1.82, 2.24) is 15.1 Å². The van der Waals surface area contributed by atoms with Gasteiger partial charge in [0.2, 0.25) is 5.91 Å². The number of benzene rings is 1. The predicted octanol–water partition coefficient (Wildman–Crippen LogP) is 1.01. The van der Waals surface area contributed by atoms with Crippen LogP contribution in [0.3, 0.4) is 0 Å². The van der Waals surface area contributed by atoms with E-state index in [9.17, 15) is 4.79 Å². The minimum atomic E-state index is -0.332. The fourth-order valence-electron chi connectivity index (χ4n) is 1.83. The average Bonchev–Trinajstić information content (AvgIpc) is 2.86. The first-order valence-electron chi connectivity index (χ1n) is 5.76. The molecule has 1 unspecified atom stereocenters. The number of primary amides is 1. The van der Waals surface area contributed by atoms with Gasteiger partial charge in [-0.1, -0.05) is 18.2 Å². The number of carbonyl (C=O) groups is 1. The van der Waals surface area contributed by atoms with E-state index in [-0.39, 0.29) is 18.4 Å². The number of rotatable bonds is 5. The van der Waals surface area contributed by atoms with Crippen LogP contribution in [0.2, 0.25) is 0 Å². The van der Waals surface area contributed by atoms with Crippen molar-refractivity contribution < 1.29 is 4.79 Å². The Bertz CT molecular complexity index is 521. The Morgan fingerprint density at radius 1 is 1.44 bits per heavy atom. The first-order chi connectivity index (χ1) is 8.70. The van der Waals surface area contributed by atoms with Gasteiger partial charge in [0.1, 0.15) is 0 Å². The van der Waals surface area contributed by atoms with Crippen molar-refractivity contribution in [2.75, 3.05) is 7.05 Å². The summed E-state index contributed by atoms with van der Waals surface area (Å²) in [5.41, 5.74) is 7.15. The monoisotopic (exact) mass is 244 g/mol. The Balaban J connectivity index is 2.22. The van der Waals surface area contributed by atoms with Crippen LogP contribution in [0.1, 0.15) is 18.0 Å². The lowest BCUT2D eigenvalue weighted by Crippen LogP contribution is -2.23. The van der Waals surface area contributed by atoms with E-state index in [1.165, 1.54) is 0 Å². The van der Waals surface area contributed by atoms with Gasteiger partial charge in [-0.05, 0) is 19.2 Å². The fraction of sp³-hybridized carbons (Fsp3) is 0.231. The largest absolute Gasteiger partial charge is 0.370 e. The van der Waals surface area contributed by atoms with Gasteiger partial charge in [0.25, 0.3) is 0 Å². The van der Waals surface area contributed by atoms with Gasteiger partial charge in [-0.15, -0.1) is 0 Å². The molecule has 0 saturated heterocycles. The van der Waals surface area contributed by atoms with E-state index in [1.807, 2.05) is 36.5 Å². The van der Waals surface area contributed by atoms with Gasteiger partial charge in [0, 0.05) is 24.2 Å². The minimum absolute atomic E-state index is 0.0973. The van der Waals surface area contributed by atoms with Gasteiger partial charge >= 0.3 is 0 Å². The summed E-state index contributed by atoms with van der Waals surface area (Å²) in [4.78, 5) is 11.0. The smallest absolute Gasteiger partial charge is 0.219 e. The van der Waals surface area contributed by atoms with E-state index >= 15 is 0 Å². The van der Waals surface area contributed by atoms with E-state index in [4.69, 9.17) is 5.73 Å². The lowest BCUT2D eigenvalue weighted by Gasteiger charge is -2.11. The lowest BCUT2D eigenvalue weighted by molar-refractivity contribution is -0.118. The van der Waals surface area contributed by atoms with Crippen molar-refractivity contribution in [2.24, 2.45) is 5.73 Å². The van der Waals surface area contributed by atoms with Crippen LogP contribution in [-0.2, 0) is 4.79 Å². The molecule has 1 atom stereocenters. The average molecular weight is 244 g/mol. The van der Waals surface area contributed by atoms with Gasteiger partial charge in [-0.2, -0.15) is 5.10 Å². The highest BCUT2D eigenvalue weighted by Gasteiger charge is 2.14. The molecule has 1 aromatic carbocycles. The number of aromatic nitrogens is 2. The zero-order valence-corrected chi connectivity index (χ0v) is 10.2. The van der Waals surface area contributed by atoms with Crippen LogP contribution in [-0.4, -0.2) is 22.7 Å². The van der Waals surface area contributed by atoms with Gasteiger partial charge in [-0.25, -0.2) is 4.68 Å². The topological polar surface area (TPSA) is 72.9 Å². The molecule has 1 aromatic heterocycles. The number of nitrogens with one attached hydrogen (secondary N) is 1. The molecule has 2 rings (SSSR count). The minimum Gasteiger partial charge on any atom is -0.370 e. The molecule has 1 heterocycles. The van der Waals surface area contributed by atoms with Gasteiger partial charge in [0.05, 0.1) is 11.9 Å². The molecule has 3 N–H and O–H groups in total. The Labute approximate surface area is 106 Å². The Kier molecular flexibility index (Phi) is 3.74.